The minimum absolute atomic E-state index is 0.353. The van der Waals surface area contributed by atoms with Gasteiger partial charge in [0.25, 0.3) is 0 Å². The highest BCUT2D eigenvalue weighted by atomic mass is 19.2. The van der Waals surface area contributed by atoms with E-state index in [0.717, 1.165) is 26.1 Å². The van der Waals surface area contributed by atoms with Crippen LogP contribution in [0.25, 0.3) is 0 Å². The molecule has 0 radical (unpaired) electrons. The van der Waals surface area contributed by atoms with Crippen LogP contribution < -0.4 is 0 Å². The number of hydrogen-bond acceptors (Lipinski definition) is 2. The third-order valence-electron chi connectivity index (χ3n) is 5.36. The van der Waals surface area contributed by atoms with Gasteiger partial charge in [-0.05, 0) is 57.7 Å². The van der Waals surface area contributed by atoms with E-state index in [1.54, 1.807) is 12.1 Å². The molecule has 0 saturated carbocycles. The second-order valence-corrected chi connectivity index (χ2v) is 7.34. The van der Waals surface area contributed by atoms with E-state index in [0.29, 0.717) is 23.6 Å². The van der Waals surface area contributed by atoms with Crippen LogP contribution in [-0.4, -0.2) is 42.0 Å². The Morgan fingerprint density at radius 3 is 2.68 bits per heavy atom. The average molecular weight is 308 g/mol. The number of piperidine rings is 1. The largest absolute Gasteiger partial charge is 0.300 e. The SMILES string of the molecule is CC(C)N1CCC2(CCCN(Cc3cccc(F)c3F)C2)C1. The molecule has 0 N–H and O–H groups in total. The Bertz CT molecular complexity index is 532. The van der Waals surface area contributed by atoms with Crippen molar-refractivity contribution in [1.82, 2.24) is 9.80 Å². The molecule has 122 valence electrons. The van der Waals surface area contributed by atoms with Crippen molar-refractivity contribution in [2.24, 2.45) is 5.41 Å². The third kappa shape index (κ3) is 3.18. The van der Waals surface area contributed by atoms with E-state index in [9.17, 15) is 8.78 Å². The zero-order chi connectivity index (χ0) is 15.7. The average Bonchev–Trinajstić information content (AvgIpc) is 2.88. The van der Waals surface area contributed by atoms with Crippen LogP contribution in [0, 0.1) is 17.0 Å². The van der Waals surface area contributed by atoms with Gasteiger partial charge in [0.2, 0.25) is 0 Å². The van der Waals surface area contributed by atoms with Crippen LogP contribution in [0.2, 0.25) is 0 Å². The zero-order valence-electron chi connectivity index (χ0n) is 13.6. The van der Waals surface area contributed by atoms with Gasteiger partial charge in [0.05, 0.1) is 0 Å². The highest BCUT2D eigenvalue weighted by Crippen LogP contribution is 2.40. The summed E-state index contributed by atoms with van der Waals surface area (Å²) in [6.07, 6.45) is 3.65. The van der Waals surface area contributed by atoms with Crippen LogP contribution in [0.15, 0.2) is 18.2 Å². The number of halogens is 2. The zero-order valence-corrected chi connectivity index (χ0v) is 13.6. The van der Waals surface area contributed by atoms with E-state index in [-0.39, 0.29) is 0 Å². The summed E-state index contributed by atoms with van der Waals surface area (Å²) in [7, 11) is 0. The molecule has 2 aliphatic heterocycles. The summed E-state index contributed by atoms with van der Waals surface area (Å²) >= 11 is 0. The van der Waals surface area contributed by atoms with Crippen LogP contribution in [0.1, 0.15) is 38.7 Å². The fraction of sp³-hybridized carbons (Fsp3) is 0.667. The van der Waals surface area contributed by atoms with Gasteiger partial charge in [0.15, 0.2) is 11.6 Å². The maximum Gasteiger partial charge on any atom is 0.163 e. The molecule has 0 bridgehead atoms. The minimum atomic E-state index is -0.740. The first kappa shape index (κ1) is 15.9. The molecule has 1 aromatic rings. The fourth-order valence-electron chi connectivity index (χ4n) is 4.10. The molecule has 0 amide bonds. The lowest BCUT2D eigenvalue weighted by Crippen LogP contribution is -2.45. The van der Waals surface area contributed by atoms with Crippen molar-refractivity contribution in [2.45, 2.75) is 45.7 Å². The maximum atomic E-state index is 13.9. The van der Waals surface area contributed by atoms with Gasteiger partial charge in [-0.15, -0.1) is 0 Å². The Balaban J connectivity index is 1.68. The van der Waals surface area contributed by atoms with Crippen molar-refractivity contribution in [2.75, 3.05) is 26.2 Å². The second-order valence-electron chi connectivity index (χ2n) is 7.34. The molecule has 3 rings (SSSR count). The standard InChI is InChI=1S/C18H26F2N2/c1-14(2)22-10-8-18(13-22)7-4-9-21(12-18)11-15-5-3-6-16(19)17(15)20/h3,5-6,14H,4,7-13H2,1-2H3. The molecule has 1 unspecified atom stereocenters. The monoisotopic (exact) mass is 308 g/mol. The van der Waals surface area contributed by atoms with Crippen LogP contribution in [0.5, 0.6) is 0 Å². The summed E-state index contributed by atoms with van der Waals surface area (Å²) in [5.74, 6) is -1.42. The summed E-state index contributed by atoms with van der Waals surface area (Å²) in [4.78, 5) is 4.86. The van der Waals surface area contributed by atoms with Gasteiger partial charge in [-0.25, -0.2) is 8.78 Å². The third-order valence-corrected chi connectivity index (χ3v) is 5.36. The summed E-state index contributed by atoms with van der Waals surface area (Å²) in [6.45, 7) is 9.33. The molecule has 4 heteroatoms. The van der Waals surface area contributed by atoms with E-state index in [4.69, 9.17) is 0 Å². The normalized spacial score (nSPS) is 27.1. The Hall–Kier alpha value is -1.00. The first-order valence-corrected chi connectivity index (χ1v) is 8.38. The van der Waals surface area contributed by atoms with E-state index in [2.05, 4.69) is 23.6 Å². The van der Waals surface area contributed by atoms with Crippen molar-refractivity contribution in [3.63, 3.8) is 0 Å². The van der Waals surface area contributed by atoms with Gasteiger partial charge < -0.3 is 4.90 Å². The summed E-state index contributed by atoms with van der Waals surface area (Å²) < 4.78 is 27.3. The molecule has 1 spiro atoms. The highest BCUT2D eigenvalue weighted by molar-refractivity contribution is 5.19. The molecule has 2 aliphatic rings. The van der Waals surface area contributed by atoms with Crippen molar-refractivity contribution >= 4 is 0 Å². The maximum absolute atomic E-state index is 13.9. The summed E-state index contributed by atoms with van der Waals surface area (Å²) in [5.41, 5.74) is 0.836. The van der Waals surface area contributed by atoms with Crippen LogP contribution in [-0.2, 0) is 6.54 Å². The number of likely N-dealkylation sites (tertiary alicyclic amines) is 2. The lowest BCUT2D eigenvalue weighted by Gasteiger charge is -2.41. The van der Waals surface area contributed by atoms with Crippen LogP contribution in [0.4, 0.5) is 8.78 Å². The number of rotatable bonds is 3. The summed E-state index contributed by atoms with van der Waals surface area (Å²) in [5, 5.41) is 0. The lowest BCUT2D eigenvalue weighted by atomic mass is 9.79. The van der Waals surface area contributed by atoms with Gasteiger partial charge in [0.1, 0.15) is 0 Å². The van der Waals surface area contributed by atoms with E-state index in [1.807, 2.05) is 0 Å². The predicted molar refractivity (Wildman–Crippen MR) is 84.6 cm³/mol. The second kappa shape index (κ2) is 6.25. The van der Waals surface area contributed by atoms with Gasteiger partial charge in [-0.1, -0.05) is 12.1 Å². The molecular formula is C18H26F2N2. The van der Waals surface area contributed by atoms with Gasteiger partial charge in [-0.3, -0.25) is 4.90 Å². The molecule has 22 heavy (non-hydrogen) atoms. The Morgan fingerprint density at radius 1 is 1.14 bits per heavy atom. The molecule has 1 aromatic carbocycles. The molecule has 2 heterocycles. The lowest BCUT2D eigenvalue weighted by molar-refractivity contribution is 0.0828. The number of benzene rings is 1. The number of hydrogen-bond donors (Lipinski definition) is 0. The van der Waals surface area contributed by atoms with E-state index in [1.165, 1.54) is 25.5 Å². The molecule has 1 atom stereocenters. The molecule has 2 saturated heterocycles. The molecular weight excluding hydrogens is 282 g/mol. The van der Waals surface area contributed by atoms with Gasteiger partial charge >= 0.3 is 0 Å². The number of nitrogens with zero attached hydrogens (tertiary/aromatic N) is 2. The fourth-order valence-corrected chi connectivity index (χ4v) is 4.10. The first-order chi connectivity index (χ1) is 10.5. The van der Waals surface area contributed by atoms with Gasteiger partial charge in [0, 0.05) is 31.2 Å². The summed E-state index contributed by atoms with van der Waals surface area (Å²) in [6, 6.07) is 5.09. The van der Waals surface area contributed by atoms with Crippen LogP contribution in [0.3, 0.4) is 0 Å². The Morgan fingerprint density at radius 2 is 1.95 bits per heavy atom. The van der Waals surface area contributed by atoms with Crippen LogP contribution >= 0.6 is 0 Å². The van der Waals surface area contributed by atoms with Crippen molar-refractivity contribution in [3.05, 3.63) is 35.4 Å². The molecule has 2 fully saturated rings. The van der Waals surface area contributed by atoms with Gasteiger partial charge in [-0.2, -0.15) is 0 Å². The highest BCUT2D eigenvalue weighted by Gasteiger charge is 2.41. The molecule has 0 aliphatic carbocycles. The minimum Gasteiger partial charge on any atom is -0.300 e. The Kier molecular flexibility index (Phi) is 4.51. The predicted octanol–water partition coefficient (Wildman–Crippen LogP) is 3.66. The van der Waals surface area contributed by atoms with Crippen molar-refractivity contribution in [1.29, 1.82) is 0 Å². The molecule has 0 aromatic heterocycles. The smallest absolute Gasteiger partial charge is 0.163 e. The molecule has 2 nitrogen and oxygen atoms in total. The van der Waals surface area contributed by atoms with E-state index < -0.39 is 11.6 Å². The van der Waals surface area contributed by atoms with E-state index >= 15 is 0 Å². The Labute approximate surface area is 132 Å². The quantitative estimate of drug-likeness (QED) is 0.841. The first-order valence-electron chi connectivity index (χ1n) is 8.38. The topological polar surface area (TPSA) is 6.48 Å². The van der Waals surface area contributed by atoms with Crippen molar-refractivity contribution < 1.29 is 8.78 Å². The van der Waals surface area contributed by atoms with Crippen molar-refractivity contribution in [3.8, 4) is 0 Å².